The van der Waals surface area contributed by atoms with E-state index < -0.39 is 0 Å². The summed E-state index contributed by atoms with van der Waals surface area (Å²) in [5.74, 6) is 1.25. The SMILES string of the molecule is CCC1CCCN(C(C)(C)CNC(=O)C2CNC2)C1.Cl. The van der Waals surface area contributed by atoms with Crippen molar-refractivity contribution < 1.29 is 4.79 Å². The van der Waals surface area contributed by atoms with Crippen molar-refractivity contribution in [1.29, 1.82) is 0 Å². The summed E-state index contributed by atoms with van der Waals surface area (Å²) in [6, 6.07) is 0. The number of nitrogens with zero attached hydrogens (tertiary/aromatic N) is 1. The van der Waals surface area contributed by atoms with Crippen molar-refractivity contribution in [1.82, 2.24) is 15.5 Å². The van der Waals surface area contributed by atoms with Gasteiger partial charge in [-0.05, 0) is 39.2 Å². The van der Waals surface area contributed by atoms with Crippen LogP contribution >= 0.6 is 12.4 Å². The fraction of sp³-hybridized carbons (Fsp3) is 0.933. The molecule has 4 nitrogen and oxygen atoms in total. The van der Waals surface area contributed by atoms with Gasteiger partial charge in [-0.25, -0.2) is 0 Å². The first-order valence-corrected chi connectivity index (χ1v) is 7.76. The number of amides is 1. The van der Waals surface area contributed by atoms with Gasteiger partial charge >= 0.3 is 0 Å². The molecule has 0 saturated carbocycles. The molecule has 2 aliphatic rings. The van der Waals surface area contributed by atoms with Crippen molar-refractivity contribution in [3.8, 4) is 0 Å². The highest BCUT2D eigenvalue weighted by atomic mass is 35.5. The lowest BCUT2D eigenvalue weighted by Crippen LogP contribution is -2.57. The summed E-state index contributed by atoms with van der Waals surface area (Å²) < 4.78 is 0. The standard InChI is InChI=1S/C15H29N3O.ClH/c1-4-12-6-5-7-18(10-12)15(2,3)11-17-14(19)13-8-16-9-13;/h12-13,16H,4-11H2,1-3H3,(H,17,19);1H. The molecule has 2 N–H and O–H groups in total. The number of halogens is 1. The molecule has 0 radical (unpaired) electrons. The lowest BCUT2D eigenvalue weighted by Gasteiger charge is -2.44. The van der Waals surface area contributed by atoms with Crippen molar-refractivity contribution in [3.05, 3.63) is 0 Å². The molecule has 2 saturated heterocycles. The number of carbonyl (C=O) groups excluding carboxylic acids is 1. The summed E-state index contributed by atoms with van der Waals surface area (Å²) in [6.45, 7) is 11.6. The van der Waals surface area contributed by atoms with Crippen LogP contribution in [0, 0.1) is 11.8 Å². The van der Waals surface area contributed by atoms with Crippen molar-refractivity contribution in [2.24, 2.45) is 11.8 Å². The molecule has 118 valence electrons. The van der Waals surface area contributed by atoms with Gasteiger partial charge in [0.1, 0.15) is 0 Å². The molecule has 0 aromatic carbocycles. The Balaban J connectivity index is 0.00000200. The van der Waals surface area contributed by atoms with E-state index in [1.165, 1.54) is 32.4 Å². The third-order valence-corrected chi connectivity index (χ3v) is 4.80. The lowest BCUT2D eigenvalue weighted by atomic mass is 9.90. The van der Waals surface area contributed by atoms with Gasteiger partial charge in [-0.2, -0.15) is 0 Å². The Morgan fingerprint density at radius 1 is 1.40 bits per heavy atom. The zero-order valence-corrected chi connectivity index (χ0v) is 13.9. The molecule has 0 spiro atoms. The van der Waals surface area contributed by atoms with Crippen molar-refractivity contribution in [2.45, 2.75) is 45.6 Å². The molecule has 1 unspecified atom stereocenters. The number of rotatable bonds is 5. The summed E-state index contributed by atoms with van der Waals surface area (Å²) in [5, 5.41) is 6.28. The molecule has 0 aromatic rings. The van der Waals surface area contributed by atoms with E-state index in [1.54, 1.807) is 0 Å². The second kappa shape index (κ2) is 7.62. The molecular formula is C15H30ClN3O. The van der Waals surface area contributed by atoms with E-state index >= 15 is 0 Å². The smallest absolute Gasteiger partial charge is 0.225 e. The molecular weight excluding hydrogens is 274 g/mol. The summed E-state index contributed by atoms with van der Waals surface area (Å²) in [7, 11) is 0. The van der Waals surface area contributed by atoms with Crippen molar-refractivity contribution >= 4 is 18.3 Å². The average Bonchev–Trinajstić information content (AvgIpc) is 2.34. The minimum atomic E-state index is 0. The van der Waals surface area contributed by atoms with Gasteiger partial charge in [0.05, 0.1) is 5.92 Å². The quantitative estimate of drug-likeness (QED) is 0.812. The topological polar surface area (TPSA) is 44.4 Å². The number of nitrogens with one attached hydrogen (secondary N) is 2. The Hall–Kier alpha value is -0.320. The summed E-state index contributed by atoms with van der Waals surface area (Å²) >= 11 is 0. The highest BCUT2D eigenvalue weighted by Crippen LogP contribution is 2.25. The predicted octanol–water partition coefficient (Wildman–Crippen LogP) is 1.64. The molecule has 1 atom stereocenters. The van der Waals surface area contributed by atoms with Crippen LogP contribution in [-0.2, 0) is 4.79 Å². The van der Waals surface area contributed by atoms with Crippen LogP contribution in [0.25, 0.3) is 0 Å². The predicted molar refractivity (Wildman–Crippen MR) is 85.3 cm³/mol. The molecule has 2 fully saturated rings. The van der Waals surface area contributed by atoms with Crippen molar-refractivity contribution in [3.63, 3.8) is 0 Å². The maximum absolute atomic E-state index is 11.9. The van der Waals surface area contributed by atoms with Gasteiger partial charge < -0.3 is 10.6 Å². The van der Waals surface area contributed by atoms with Crippen LogP contribution in [0.5, 0.6) is 0 Å². The molecule has 0 aliphatic carbocycles. The van der Waals surface area contributed by atoms with Crippen LogP contribution in [0.4, 0.5) is 0 Å². The Kier molecular flexibility index (Phi) is 6.76. The van der Waals surface area contributed by atoms with E-state index in [0.717, 1.165) is 25.6 Å². The van der Waals surface area contributed by atoms with Crippen LogP contribution in [0.15, 0.2) is 0 Å². The molecule has 20 heavy (non-hydrogen) atoms. The second-order valence-electron chi connectivity index (χ2n) is 6.75. The van der Waals surface area contributed by atoms with Gasteiger partial charge in [-0.3, -0.25) is 9.69 Å². The summed E-state index contributed by atoms with van der Waals surface area (Å²) in [4.78, 5) is 14.5. The van der Waals surface area contributed by atoms with E-state index in [9.17, 15) is 4.79 Å². The highest BCUT2D eigenvalue weighted by Gasteiger charge is 2.32. The summed E-state index contributed by atoms with van der Waals surface area (Å²) in [5.41, 5.74) is 0.0701. The Morgan fingerprint density at radius 3 is 2.65 bits per heavy atom. The van der Waals surface area contributed by atoms with E-state index in [2.05, 4.69) is 36.3 Å². The molecule has 0 aromatic heterocycles. The molecule has 2 aliphatic heterocycles. The Labute approximate surface area is 129 Å². The maximum Gasteiger partial charge on any atom is 0.225 e. The number of carbonyl (C=O) groups is 1. The fourth-order valence-corrected chi connectivity index (χ4v) is 2.98. The minimum Gasteiger partial charge on any atom is -0.354 e. The highest BCUT2D eigenvalue weighted by molar-refractivity contribution is 5.85. The van der Waals surface area contributed by atoms with Crippen LogP contribution < -0.4 is 10.6 Å². The zero-order chi connectivity index (χ0) is 13.9. The number of likely N-dealkylation sites (tertiary alicyclic amines) is 1. The van der Waals surface area contributed by atoms with E-state index in [4.69, 9.17) is 0 Å². The summed E-state index contributed by atoms with van der Waals surface area (Å²) in [6.07, 6.45) is 3.93. The maximum atomic E-state index is 11.9. The van der Waals surface area contributed by atoms with E-state index in [1.807, 2.05) is 0 Å². The molecule has 5 heteroatoms. The fourth-order valence-electron chi connectivity index (χ4n) is 2.98. The first kappa shape index (κ1) is 17.7. The van der Waals surface area contributed by atoms with Crippen LogP contribution in [0.2, 0.25) is 0 Å². The Bertz CT molecular complexity index is 318. The number of hydrogen-bond acceptors (Lipinski definition) is 3. The third kappa shape index (κ3) is 4.34. The first-order chi connectivity index (χ1) is 9.03. The molecule has 2 rings (SSSR count). The van der Waals surface area contributed by atoms with E-state index in [-0.39, 0.29) is 29.8 Å². The largest absolute Gasteiger partial charge is 0.354 e. The van der Waals surface area contributed by atoms with Gasteiger partial charge in [-0.1, -0.05) is 13.3 Å². The third-order valence-electron chi connectivity index (χ3n) is 4.80. The van der Waals surface area contributed by atoms with Gasteiger partial charge in [-0.15, -0.1) is 12.4 Å². The van der Waals surface area contributed by atoms with Gasteiger partial charge in [0.15, 0.2) is 0 Å². The van der Waals surface area contributed by atoms with E-state index in [0.29, 0.717) is 0 Å². The van der Waals surface area contributed by atoms with Crippen LogP contribution in [-0.4, -0.2) is 49.1 Å². The minimum absolute atomic E-state index is 0. The second-order valence-corrected chi connectivity index (χ2v) is 6.75. The average molecular weight is 304 g/mol. The van der Waals surface area contributed by atoms with Gasteiger partial charge in [0, 0.05) is 31.7 Å². The van der Waals surface area contributed by atoms with Gasteiger partial charge in [0.2, 0.25) is 5.91 Å². The number of hydrogen-bond donors (Lipinski definition) is 2. The number of piperidine rings is 1. The normalized spacial score (nSPS) is 24.6. The molecule has 2 heterocycles. The monoisotopic (exact) mass is 303 g/mol. The zero-order valence-electron chi connectivity index (χ0n) is 13.1. The first-order valence-electron chi connectivity index (χ1n) is 7.76. The lowest BCUT2D eigenvalue weighted by molar-refractivity contribution is -0.127. The van der Waals surface area contributed by atoms with Crippen LogP contribution in [0.3, 0.4) is 0 Å². The Morgan fingerprint density at radius 2 is 2.10 bits per heavy atom. The molecule has 1 amide bonds. The van der Waals surface area contributed by atoms with Crippen molar-refractivity contribution in [2.75, 3.05) is 32.7 Å². The van der Waals surface area contributed by atoms with Gasteiger partial charge in [0.25, 0.3) is 0 Å². The molecule has 0 bridgehead atoms. The van der Waals surface area contributed by atoms with Crippen LogP contribution in [0.1, 0.15) is 40.0 Å².